The molecule has 240 valence electrons. The highest BCUT2D eigenvalue weighted by atomic mass is 16.3. The molecule has 0 fully saturated rings. The molecule has 0 N–H and O–H groups in total. The second kappa shape index (κ2) is 12.0. The van der Waals surface area contributed by atoms with Gasteiger partial charge in [0.1, 0.15) is 11.2 Å². The van der Waals surface area contributed by atoms with Crippen LogP contribution in [0.25, 0.3) is 88.5 Å². The third-order valence-electron chi connectivity index (χ3n) is 9.96. The summed E-state index contributed by atoms with van der Waals surface area (Å²) >= 11 is 0. The number of furan rings is 1. The number of benzene rings is 7. The van der Waals surface area contributed by atoms with Crippen molar-refractivity contribution in [1.29, 1.82) is 0 Å². The van der Waals surface area contributed by atoms with Crippen LogP contribution in [0, 0.1) is 0 Å². The standard InChI is InChI=1S/C47H31N3O/c1-2-10-30(11-3-1)34-14-8-15-36(26-34)45-48-46(37-24-21-31-12-4-5-13-33(31)27-37)50-47(49-45)38-25-22-32-20-23-35(28-39(32)29-38)40-17-9-19-43-44(40)41-16-6-7-18-42(41)51-43/h1-7,9-14,16-29H,8,15H2. The van der Waals surface area contributed by atoms with E-state index in [1.54, 1.807) is 0 Å². The Labute approximate surface area is 295 Å². The smallest absolute Gasteiger partial charge is 0.164 e. The molecule has 51 heavy (non-hydrogen) atoms. The monoisotopic (exact) mass is 653 g/mol. The van der Waals surface area contributed by atoms with Gasteiger partial charge in [-0.15, -0.1) is 0 Å². The minimum atomic E-state index is 0.662. The summed E-state index contributed by atoms with van der Waals surface area (Å²) in [5.74, 6) is 2.05. The molecule has 4 nitrogen and oxygen atoms in total. The van der Waals surface area contributed by atoms with Crippen molar-refractivity contribution >= 4 is 54.6 Å². The molecular weight excluding hydrogens is 623 g/mol. The summed E-state index contributed by atoms with van der Waals surface area (Å²) in [5, 5.41) is 6.88. The summed E-state index contributed by atoms with van der Waals surface area (Å²) in [6.07, 6.45) is 6.35. The molecule has 0 spiro atoms. The van der Waals surface area contributed by atoms with Gasteiger partial charge in [0.25, 0.3) is 0 Å². The normalized spacial score (nSPS) is 13.2. The zero-order valence-electron chi connectivity index (χ0n) is 27.8. The Bertz CT molecular complexity index is 2860. The molecule has 1 aliphatic carbocycles. The van der Waals surface area contributed by atoms with Gasteiger partial charge < -0.3 is 4.42 Å². The number of hydrogen-bond donors (Lipinski definition) is 0. The molecule has 0 saturated heterocycles. The fourth-order valence-electron chi connectivity index (χ4n) is 7.38. The Hall–Kier alpha value is -6.65. The average Bonchev–Trinajstić information content (AvgIpc) is 3.59. The van der Waals surface area contributed by atoms with Gasteiger partial charge >= 0.3 is 0 Å². The van der Waals surface area contributed by atoms with Gasteiger partial charge in [-0.1, -0.05) is 127 Å². The minimum Gasteiger partial charge on any atom is -0.456 e. The lowest BCUT2D eigenvalue weighted by Gasteiger charge is -2.15. The zero-order chi connectivity index (χ0) is 33.7. The number of fused-ring (bicyclic) bond motifs is 5. The number of allylic oxidation sites excluding steroid dienone is 4. The van der Waals surface area contributed by atoms with Crippen molar-refractivity contribution in [2.75, 3.05) is 0 Å². The van der Waals surface area contributed by atoms with E-state index in [1.807, 2.05) is 18.2 Å². The lowest BCUT2D eigenvalue weighted by Crippen LogP contribution is -2.04. The molecule has 0 bridgehead atoms. The maximum Gasteiger partial charge on any atom is 0.164 e. The summed E-state index contributed by atoms with van der Waals surface area (Å²) < 4.78 is 6.21. The van der Waals surface area contributed by atoms with Gasteiger partial charge in [-0.05, 0) is 98.6 Å². The summed E-state index contributed by atoms with van der Waals surface area (Å²) in [5.41, 5.74) is 9.51. The van der Waals surface area contributed by atoms with Gasteiger partial charge in [-0.3, -0.25) is 0 Å². The third kappa shape index (κ3) is 5.29. The molecular formula is C47H31N3O. The fraction of sp³-hybridized carbons (Fsp3) is 0.0426. The van der Waals surface area contributed by atoms with Crippen LogP contribution >= 0.6 is 0 Å². The van der Waals surface area contributed by atoms with Crippen LogP contribution in [0.5, 0.6) is 0 Å². The number of hydrogen-bond acceptors (Lipinski definition) is 4. The Morgan fingerprint density at radius 1 is 0.451 bits per heavy atom. The first-order chi connectivity index (χ1) is 25.2. The van der Waals surface area contributed by atoms with E-state index in [0.29, 0.717) is 11.6 Å². The molecule has 10 rings (SSSR count). The van der Waals surface area contributed by atoms with Crippen molar-refractivity contribution in [2.45, 2.75) is 12.8 Å². The largest absolute Gasteiger partial charge is 0.456 e. The predicted molar refractivity (Wildman–Crippen MR) is 210 cm³/mol. The van der Waals surface area contributed by atoms with Crippen molar-refractivity contribution in [3.05, 3.63) is 175 Å². The van der Waals surface area contributed by atoms with E-state index in [4.69, 9.17) is 19.4 Å². The minimum absolute atomic E-state index is 0.662. The number of rotatable bonds is 5. The predicted octanol–water partition coefficient (Wildman–Crippen LogP) is 12.3. The molecule has 7 aromatic carbocycles. The van der Waals surface area contributed by atoms with Crippen LogP contribution in [0.1, 0.15) is 24.2 Å². The van der Waals surface area contributed by atoms with E-state index >= 15 is 0 Å². The van der Waals surface area contributed by atoms with Gasteiger partial charge in [-0.2, -0.15) is 0 Å². The van der Waals surface area contributed by atoms with Gasteiger partial charge in [0.2, 0.25) is 0 Å². The molecule has 0 saturated carbocycles. The molecule has 2 heterocycles. The van der Waals surface area contributed by atoms with E-state index in [9.17, 15) is 0 Å². The van der Waals surface area contributed by atoms with E-state index in [-0.39, 0.29) is 0 Å². The summed E-state index contributed by atoms with van der Waals surface area (Å²) in [6.45, 7) is 0. The molecule has 0 amide bonds. The molecule has 0 aliphatic heterocycles. The van der Waals surface area contributed by atoms with Gasteiger partial charge in [0.15, 0.2) is 17.5 Å². The quantitative estimate of drug-likeness (QED) is 0.185. The summed E-state index contributed by atoms with van der Waals surface area (Å²) in [4.78, 5) is 15.4. The fourth-order valence-corrected chi connectivity index (χ4v) is 7.38. The maximum atomic E-state index is 6.21. The molecule has 4 heteroatoms. The molecule has 0 radical (unpaired) electrons. The molecule has 2 aromatic heterocycles. The second-order valence-corrected chi connectivity index (χ2v) is 13.2. The Morgan fingerprint density at radius 2 is 1.08 bits per heavy atom. The first-order valence-corrected chi connectivity index (χ1v) is 17.4. The van der Waals surface area contributed by atoms with E-state index in [0.717, 1.165) is 84.6 Å². The number of nitrogens with zero attached hydrogens (tertiary/aromatic N) is 3. The van der Waals surface area contributed by atoms with E-state index in [1.165, 1.54) is 16.5 Å². The van der Waals surface area contributed by atoms with Crippen molar-refractivity contribution in [3.63, 3.8) is 0 Å². The lowest BCUT2D eigenvalue weighted by molar-refractivity contribution is 0.669. The Morgan fingerprint density at radius 3 is 1.90 bits per heavy atom. The van der Waals surface area contributed by atoms with Crippen LogP contribution in [0.4, 0.5) is 0 Å². The highest BCUT2D eigenvalue weighted by Crippen LogP contribution is 2.38. The number of aromatic nitrogens is 3. The maximum absolute atomic E-state index is 6.21. The van der Waals surface area contributed by atoms with E-state index in [2.05, 4.69) is 146 Å². The lowest BCUT2D eigenvalue weighted by atomic mass is 9.94. The van der Waals surface area contributed by atoms with Crippen LogP contribution in [-0.2, 0) is 0 Å². The van der Waals surface area contributed by atoms with Crippen molar-refractivity contribution in [1.82, 2.24) is 15.0 Å². The van der Waals surface area contributed by atoms with Crippen molar-refractivity contribution < 1.29 is 4.42 Å². The van der Waals surface area contributed by atoms with Crippen LogP contribution < -0.4 is 0 Å². The first-order valence-electron chi connectivity index (χ1n) is 17.4. The first kappa shape index (κ1) is 29.3. The molecule has 0 atom stereocenters. The molecule has 0 unspecified atom stereocenters. The Kier molecular flexibility index (Phi) is 6.91. The van der Waals surface area contributed by atoms with Gasteiger partial charge in [0, 0.05) is 21.9 Å². The molecule has 1 aliphatic rings. The topological polar surface area (TPSA) is 51.8 Å². The van der Waals surface area contributed by atoms with Crippen LogP contribution in [-0.4, -0.2) is 15.0 Å². The summed E-state index contributed by atoms with van der Waals surface area (Å²) in [7, 11) is 0. The summed E-state index contributed by atoms with van der Waals surface area (Å²) in [6, 6.07) is 53.1. The SMILES string of the molecule is C1=C(c2ccccc2)C=C(c2nc(-c3ccc4ccccc4c3)nc(-c3ccc4ccc(-c5cccc6oc7ccccc7c56)cc4c3)n2)CC1. The van der Waals surface area contributed by atoms with E-state index < -0.39 is 0 Å². The second-order valence-electron chi connectivity index (χ2n) is 13.2. The molecule has 9 aromatic rings. The van der Waals surface area contributed by atoms with Crippen LogP contribution in [0.15, 0.2) is 168 Å². The Balaban J connectivity index is 1.12. The zero-order valence-corrected chi connectivity index (χ0v) is 27.8. The average molecular weight is 654 g/mol. The third-order valence-corrected chi connectivity index (χ3v) is 9.96. The van der Waals surface area contributed by atoms with Crippen LogP contribution in [0.2, 0.25) is 0 Å². The van der Waals surface area contributed by atoms with Gasteiger partial charge in [-0.25, -0.2) is 15.0 Å². The number of para-hydroxylation sites is 1. The van der Waals surface area contributed by atoms with Crippen LogP contribution in [0.3, 0.4) is 0 Å². The highest BCUT2D eigenvalue weighted by molar-refractivity contribution is 6.13. The van der Waals surface area contributed by atoms with Gasteiger partial charge in [0.05, 0.1) is 0 Å². The van der Waals surface area contributed by atoms with Crippen molar-refractivity contribution in [2.24, 2.45) is 0 Å². The highest BCUT2D eigenvalue weighted by Gasteiger charge is 2.18. The van der Waals surface area contributed by atoms with Crippen molar-refractivity contribution in [3.8, 4) is 33.9 Å².